The Hall–Kier alpha value is -1.43. The summed E-state index contributed by atoms with van der Waals surface area (Å²) in [7, 11) is 1.35. The van der Waals surface area contributed by atoms with Gasteiger partial charge in [0, 0.05) is 18.3 Å². The molecule has 6 heteroatoms. The molecule has 5 nitrogen and oxygen atoms in total. The number of hydrogen-bond donors (Lipinski definition) is 0. The molecule has 140 valence electrons. The van der Waals surface area contributed by atoms with Gasteiger partial charge in [-0.1, -0.05) is 45.4 Å². The Kier molecular flexibility index (Phi) is 8.38. The number of nitrogens with zero attached hydrogens (tertiary/aromatic N) is 2. The normalized spacial score (nSPS) is 14.6. The number of amides is 1. The van der Waals surface area contributed by atoms with Gasteiger partial charge in [-0.05, 0) is 18.8 Å². The summed E-state index contributed by atoms with van der Waals surface area (Å²) >= 11 is 1.42. The van der Waals surface area contributed by atoms with Crippen molar-refractivity contribution in [1.82, 2.24) is 9.88 Å². The van der Waals surface area contributed by atoms with Gasteiger partial charge in [-0.2, -0.15) is 0 Å². The van der Waals surface area contributed by atoms with Crippen molar-refractivity contribution >= 4 is 23.2 Å². The molecule has 1 saturated carbocycles. The number of rotatable bonds is 10. The van der Waals surface area contributed by atoms with Crippen LogP contribution < -0.4 is 0 Å². The van der Waals surface area contributed by atoms with Crippen LogP contribution in [0.15, 0.2) is 5.38 Å². The molecular formula is C19H30N2O3S. The van der Waals surface area contributed by atoms with Gasteiger partial charge in [0.1, 0.15) is 5.01 Å². The average Bonchev–Trinajstić information content (AvgIpc) is 3.30. The van der Waals surface area contributed by atoms with E-state index in [2.05, 4.69) is 11.9 Å². The van der Waals surface area contributed by atoms with E-state index < -0.39 is 5.97 Å². The van der Waals surface area contributed by atoms with Crippen LogP contribution in [0.1, 0.15) is 80.2 Å². The summed E-state index contributed by atoms with van der Waals surface area (Å²) in [6.45, 7) is 3.43. The van der Waals surface area contributed by atoms with Crippen LogP contribution in [0.25, 0.3) is 0 Å². The second kappa shape index (κ2) is 10.5. The zero-order valence-corrected chi connectivity index (χ0v) is 16.3. The third kappa shape index (κ3) is 6.42. The van der Waals surface area contributed by atoms with Crippen LogP contribution in [0.3, 0.4) is 0 Å². The van der Waals surface area contributed by atoms with Crippen molar-refractivity contribution in [2.75, 3.05) is 13.7 Å². The van der Waals surface area contributed by atoms with Crippen molar-refractivity contribution in [2.24, 2.45) is 5.92 Å². The molecule has 1 aromatic heterocycles. The third-order valence-electron chi connectivity index (χ3n) is 4.90. The first kappa shape index (κ1) is 19.9. The highest BCUT2D eigenvalue weighted by Crippen LogP contribution is 2.29. The maximum Gasteiger partial charge on any atom is 0.357 e. The fourth-order valence-corrected chi connectivity index (χ4v) is 4.15. The first-order chi connectivity index (χ1) is 12.1. The average molecular weight is 367 g/mol. The van der Waals surface area contributed by atoms with Crippen LogP contribution in [-0.2, 0) is 16.1 Å². The van der Waals surface area contributed by atoms with Gasteiger partial charge < -0.3 is 9.64 Å². The molecule has 0 atom stereocenters. The molecule has 0 N–H and O–H groups in total. The summed E-state index contributed by atoms with van der Waals surface area (Å²) in [5.41, 5.74) is 0.328. The number of ether oxygens (including phenoxy) is 1. The molecule has 25 heavy (non-hydrogen) atoms. The van der Waals surface area contributed by atoms with Crippen LogP contribution in [0.4, 0.5) is 0 Å². The fourth-order valence-electron chi connectivity index (χ4n) is 3.37. The van der Waals surface area contributed by atoms with Crippen molar-refractivity contribution in [3.05, 3.63) is 16.1 Å². The first-order valence-corrected chi connectivity index (χ1v) is 10.3. The summed E-state index contributed by atoms with van der Waals surface area (Å²) in [5, 5.41) is 2.50. The summed E-state index contributed by atoms with van der Waals surface area (Å²) < 4.78 is 4.70. The molecule has 2 rings (SSSR count). The molecule has 1 aliphatic carbocycles. The Morgan fingerprint density at radius 1 is 1.32 bits per heavy atom. The number of aromatic nitrogens is 1. The Balaban J connectivity index is 1.92. The van der Waals surface area contributed by atoms with E-state index in [1.807, 2.05) is 4.90 Å². The SMILES string of the molecule is CCCCCN(Cc1nc(C(=O)OC)cs1)C(=O)CCC1CCCC1. The highest BCUT2D eigenvalue weighted by atomic mass is 32.1. The van der Waals surface area contributed by atoms with Crippen molar-refractivity contribution in [3.8, 4) is 0 Å². The van der Waals surface area contributed by atoms with E-state index in [-0.39, 0.29) is 5.91 Å². The molecule has 0 radical (unpaired) electrons. The van der Waals surface area contributed by atoms with Crippen LogP contribution in [0.2, 0.25) is 0 Å². The summed E-state index contributed by atoms with van der Waals surface area (Å²) in [5.74, 6) is 0.526. The molecule has 1 fully saturated rings. The molecule has 1 aliphatic rings. The number of esters is 1. The predicted molar refractivity (Wildman–Crippen MR) is 99.6 cm³/mol. The van der Waals surface area contributed by atoms with Crippen molar-refractivity contribution in [2.45, 2.75) is 71.3 Å². The molecule has 0 bridgehead atoms. The quantitative estimate of drug-likeness (QED) is 0.454. The zero-order chi connectivity index (χ0) is 18.1. The van der Waals surface area contributed by atoms with E-state index in [0.29, 0.717) is 18.7 Å². The number of carbonyl (C=O) groups is 2. The number of thiazole rings is 1. The minimum absolute atomic E-state index is 0.220. The van der Waals surface area contributed by atoms with Gasteiger partial charge in [-0.15, -0.1) is 11.3 Å². The molecule has 0 unspecified atom stereocenters. The molecule has 0 aromatic carbocycles. The van der Waals surface area contributed by atoms with Crippen LogP contribution >= 0.6 is 11.3 Å². The van der Waals surface area contributed by atoms with Crippen LogP contribution in [0, 0.1) is 5.92 Å². The van der Waals surface area contributed by atoms with E-state index in [4.69, 9.17) is 4.74 Å². The molecule has 0 spiro atoms. The highest BCUT2D eigenvalue weighted by Gasteiger charge is 2.20. The molecule has 1 aromatic rings. The van der Waals surface area contributed by atoms with Gasteiger partial charge in [0.15, 0.2) is 5.69 Å². The second-order valence-electron chi connectivity index (χ2n) is 6.83. The van der Waals surface area contributed by atoms with Gasteiger partial charge in [0.2, 0.25) is 5.91 Å². The topological polar surface area (TPSA) is 59.5 Å². The summed E-state index contributed by atoms with van der Waals surface area (Å²) in [6.07, 6.45) is 10.1. The standard InChI is InChI=1S/C19H30N2O3S/c1-3-4-7-12-21(18(22)11-10-15-8-5-6-9-15)13-17-20-16(14-25-17)19(23)24-2/h14-15H,3-13H2,1-2H3. The van der Waals surface area contributed by atoms with E-state index in [1.54, 1.807) is 5.38 Å². The van der Waals surface area contributed by atoms with Crippen molar-refractivity contribution in [3.63, 3.8) is 0 Å². The van der Waals surface area contributed by atoms with E-state index in [9.17, 15) is 9.59 Å². The lowest BCUT2D eigenvalue weighted by Crippen LogP contribution is -2.31. The van der Waals surface area contributed by atoms with Crippen LogP contribution in [0.5, 0.6) is 0 Å². The Bertz CT molecular complexity index is 553. The molecule has 0 saturated heterocycles. The second-order valence-corrected chi connectivity index (χ2v) is 7.77. The Morgan fingerprint density at radius 3 is 2.76 bits per heavy atom. The minimum atomic E-state index is -0.424. The lowest BCUT2D eigenvalue weighted by molar-refractivity contribution is -0.132. The molecular weight excluding hydrogens is 336 g/mol. The number of methoxy groups -OCH3 is 1. The zero-order valence-electron chi connectivity index (χ0n) is 15.5. The molecule has 1 heterocycles. The smallest absolute Gasteiger partial charge is 0.357 e. The monoisotopic (exact) mass is 366 g/mol. The number of carbonyl (C=O) groups excluding carboxylic acids is 2. The largest absolute Gasteiger partial charge is 0.464 e. The fraction of sp³-hybridized carbons (Fsp3) is 0.737. The maximum absolute atomic E-state index is 12.7. The Morgan fingerprint density at radius 2 is 2.08 bits per heavy atom. The lowest BCUT2D eigenvalue weighted by atomic mass is 10.0. The third-order valence-corrected chi connectivity index (χ3v) is 5.73. The lowest BCUT2D eigenvalue weighted by Gasteiger charge is -2.22. The predicted octanol–water partition coefficient (Wildman–Crippen LogP) is 4.42. The van der Waals surface area contributed by atoms with E-state index in [0.717, 1.165) is 43.2 Å². The molecule has 0 aliphatic heterocycles. The van der Waals surface area contributed by atoms with E-state index >= 15 is 0 Å². The summed E-state index contributed by atoms with van der Waals surface area (Å²) in [6, 6.07) is 0. The van der Waals surface area contributed by atoms with Gasteiger partial charge >= 0.3 is 5.97 Å². The van der Waals surface area contributed by atoms with Crippen molar-refractivity contribution < 1.29 is 14.3 Å². The van der Waals surface area contributed by atoms with Gasteiger partial charge in [0.05, 0.1) is 13.7 Å². The summed E-state index contributed by atoms with van der Waals surface area (Å²) in [4.78, 5) is 30.5. The number of unbranched alkanes of at least 4 members (excludes halogenated alkanes) is 2. The van der Waals surface area contributed by atoms with Gasteiger partial charge in [-0.25, -0.2) is 9.78 Å². The van der Waals surface area contributed by atoms with Crippen molar-refractivity contribution in [1.29, 1.82) is 0 Å². The maximum atomic E-state index is 12.7. The number of hydrogen-bond acceptors (Lipinski definition) is 5. The van der Waals surface area contributed by atoms with Gasteiger partial charge in [0.25, 0.3) is 0 Å². The van der Waals surface area contributed by atoms with Gasteiger partial charge in [-0.3, -0.25) is 4.79 Å². The van der Waals surface area contributed by atoms with E-state index in [1.165, 1.54) is 44.1 Å². The first-order valence-electron chi connectivity index (χ1n) is 9.44. The molecule has 1 amide bonds. The highest BCUT2D eigenvalue weighted by molar-refractivity contribution is 7.09. The minimum Gasteiger partial charge on any atom is -0.464 e. The Labute approximate surface area is 154 Å². The van der Waals surface area contributed by atoms with Crippen LogP contribution in [-0.4, -0.2) is 35.4 Å².